The number of benzene rings is 1. The van der Waals surface area contributed by atoms with Crippen LogP contribution in [0.3, 0.4) is 0 Å². The van der Waals surface area contributed by atoms with Crippen LogP contribution in [-0.4, -0.2) is 31.6 Å². The summed E-state index contributed by atoms with van der Waals surface area (Å²) in [6.45, 7) is 5.33. The quantitative estimate of drug-likeness (QED) is 0.843. The molecule has 0 aliphatic carbocycles. The second kappa shape index (κ2) is 6.21. The summed E-state index contributed by atoms with van der Waals surface area (Å²) in [5, 5.41) is 3.62. The summed E-state index contributed by atoms with van der Waals surface area (Å²) in [4.78, 5) is 13.6. The molecule has 98 valence electrons. The molecule has 1 unspecified atom stereocenters. The predicted octanol–water partition coefficient (Wildman–Crippen LogP) is 1.14. The molecule has 4 heteroatoms. The Kier molecular flexibility index (Phi) is 4.61. The van der Waals surface area contributed by atoms with Crippen molar-refractivity contribution in [3.05, 3.63) is 34.9 Å². The number of hydrogen-bond acceptors (Lipinski definition) is 1. The van der Waals surface area contributed by atoms with Crippen LogP contribution in [0.5, 0.6) is 0 Å². The lowest BCUT2D eigenvalue weighted by atomic mass is 10.2. The third-order valence-electron chi connectivity index (χ3n) is 3.68. The van der Waals surface area contributed by atoms with Gasteiger partial charge in [-0.25, -0.2) is 0 Å². The zero-order chi connectivity index (χ0) is 13.0. The van der Waals surface area contributed by atoms with Gasteiger partial charge in [-0.3, -0.25) is 4.79 Å². The number of likely N-dealkylation sites (N-methyl/N-ethyl adjacent to an activating group) is 1. The van der Waals surface area contributed by atoms with Crippen LogP contribution in [-0.2, 0) is 0 Å². The van der Waals surface area contributed by atoms with Crippen molar-refractivity contribution in [3.63, 3.8) is 0 Å². The van der Waals surface area contributed by atoms with Gasteiger partial charge in [0.1, 0.15) is 6.04 Å². The summed E-state index contributed by atoms with van der Waals surface area (Å²) in [6, 6.07) is 7.64. The maximum absolute atomic E-state index is 12.0. The Morgan fingerprint density at radius 1 is 1.56 bits per heavy atom. The first-order chi connectivity index (χ1) is 8.70. The molecule has 1 heterocycles. The fourth-order valence-corrected chi connectivity index (χ4v) is 2.83. The van der Waals surface area contributed by atoms with E-state index >= 15 is 0 Å². The van der Waals surface area contributed by atoms with Gasteiger partial charge in [0, 0.05) is 23.4 Å². The Balaban J connectivity index is 1.88. The first-order valence-corrected chi connectivity index (χ1v) is 6.97. The Hall–Kier alpha value is -1.06. The van der Waals surface area contributed by atoms with Gasteiger partial charge < -0.3 is 10.2 Å². The van der Waals surface area contributed by atoms with Gasteiger partial charge >= 0.3 is 0 Å². The molecule has 0 radical (unpaired) electrons. The summed E-state index contributed by atoms with van der Waals surface area (Å²) in [5.74, 6) is -0.0279. The molecule has 2 rings (SSSR count). The molecular weight excluding hydrogens is 248 g/mol. The van der Waals surface area contributed by atoms with E-state index in [1.54, 1.807) is 29.2 Å². The molecule has 2 N–H and O–H groups in total. The van der Waals surface area contributed by atoms with Gasteiger partial charge in [-0.05, 0) is 25.1 Å². The van der Waals surface area contributed by atoms with Crippen LogP contribution in [0.25, 0.3) is 0 Å². The molecule has 1 amide bonds. The Morgan fingerprint density at radius 3 is 3.11 bits per heavy atom. The summed E-state index contributed by atoms with van der Waals surface area (Å²) in [6.07, 6.45) is 2.47. The molecule has 3 nitrogen and oxygen atoms in total. The first kappa shape index (κ1) is 13.4. The minimum Gasteiger partial charge on any atom is -0.346 e. The number of carbonyl (C=O) groups is 1. The normalized spacial score (nSPS) is 23.0. The Labute approximate surface area is 113 Å². The largest absolute Gasteiger partial charge is 0.346 e. The van der Waals surface area contributed by atoms with Gasteiger partial charge in [-0.2, -0.15) is 0 Å². The van der Waals surface area contributed by atoms with Crippen LogP contribution in [0, 0.1) is 0 Å². The van der Waals surface area contributed by atoms with E-state index in [1.165, 1.54) is 19.4 Å². The highest BCUT2D eigenvalue weighted by Gasteiger charge is 2.27. The number of halogens is 1. The number of carbonyl (C=O) groups excluding carboxylic acids is 1. The van der Waals surface area contributed by atoms with Crippen LogP contribution < -0.4 is 10.2 Å². The summed E-state index contributed by atoms with van der Waals surface area (Å²) in [7, 11) is 0. The van der Waals surface area contributed by atoms with Gasteiger partial charge in [0.15, 0.2) is 0 Å². The molecule has 18 heavy (non-hydrogen) atoms. The minimum absolute atomic E-state index is 0.0279. The van der Waals surface area contributed by atoms with E-state index < -0.39 is 0 Å². The third kappa shape index (κ3) is 3.24. The lowest BCUT2D eigenvalue weighted by Gasteiger charge is -2.20. The van der Waals surface area contributed by atoms with E-state index in [9.17, 15) is 4.79 Å². The Morgan fingerprint density at radius 2 is 2.39 bits per heavy atom. The van der Waals surface area contributed by atoms with Crippen LogP contribution in [0.4, 0.5) is 0 Å². The highest BCUT2D eigenvalue weighted by molar-refractivity contribution is 6.30. The lowest BCUT2D eigenvalue weighted by molar-refractivity contribution is -0.909. The number of amides is 1. The molecule has 1 fully saturated rings. The third-order valence-corrected chi connectivity index (χ3v) is 3.91. The van der Waals surface area contributed by atoms with E-state index in [4.69, 9.17) is 11.6 Å². The number of quaternary nitrogens is 1. The Bertz CT molecular complexity index is 422. The molecule has 1 aromatic rings. The van der Waals surface area contributed by atoms with Crippen molar-refractivity contribution in [1.29, 1.82) is 0 Å². The molecule has 1 aliphatic rings. The number of nitrogens with one attached hydrogen (secondary N) is 2. The highest BCUT2D eigenvalue weighted by atomic mass is 35.5. The van der Waals surface area contributed by atoms with E-state index in [1.807, 2.05) is 0 Å². The van der Waals surface area contributed by atoms with Crippen molar-refractivity contribution in [3.8, 4) is 0 Å². The van der Waals surface area contributed by atoms with Gasteiger partial charge in [0.05, 0.1) is 19.6 Å². The predicted molar refractivity (Wildman–Crippen MR) is 73.2 cm³/mol. The molecule has 1 aromatic carbocycles. The molecule has 0 aromatic heterocycles. The second-order valence-corrected chi connectivity index (χ2v) is 5.26. The maximum atomic E-state index is 12.0. The number of hydrogen-bond donors (Lipinski definition) is 2. The van der Waals surface area contributed by atoms with Gasteiger partial charge in [-0.1, -0.05) is 17.7 Å². The molecule has 1 saturated heterocycles. The average Bonchev–Trinajstić information content (AvgIpc) is 2.83. The van der Waals surface area contributed by atoms with Crippen molar-refractivity contribution in [2.75, 3.05) is 19.6 Å². The van der Waals surface area contributed by atoms with E-state index in [0.29, 0.717) is 16.6 Å². The smallest absolute Gasteiger partial charge is 0.251 e. The van der Waals surface area contributed by atoms with Crippen molar-refractivity contribution in [2.24, 2.45) is 0 Å². The zero-order valence-electron chi connectivity index (χ0n) is 10.7. The van der Waals surface area contributed by atoms with Crippen LogP contribution in [0.1, 0.15) is 30.1 Å². The van der Waals surface area contributed by atoms with Crippen LogP contribution >= 0.6 is 11.6 Å². The zero-order valence-corrected chi connectivity index (χ0v) is 11.5. The number of rotatable bonds is 4. The summed E-state index contributed by atoms with van der Waals surface area (Å²) in [5.41, 5.74) is 0.638. The van der Waals surface area contributed by atoms with Gasteiger partial charge in [-0.15, -0.1) is 0 Å². The average molecular weight is 268 g/mol. The standard InChI is InChI=1S/C14H19ClN2O/c1-2-17-8-4-7-13(17)10-16-14(18)11-5-3-6-12(15)9-11/h3,5-6,9,13H,2,4,7-8,10H2,1H3,(H,16,18)/p+1/t13-/m1/s1. The summed E-state index contributed by atoms with van der Waals surface area (Å²) < 4.78 is 0. The fourth-order valence-electron chi connectivity index (χ4n) is 2.64. The van der Waals surface area contributed by atoms with E-state index in [-0.39, 0.29) is 5.91 Å². The molecule has 0 spiro atoms. The minimum atomic E-state index is -0.0279. The van der Waals surface area contributed by atoms with Crippen molar-refractivity contribution < 1.29 is 9.69 Å². The highest BCUT2D eigenvalue weighted by Crippen LogP contribution is 2.10. The van der Waals surface area contributed by atoms with Crippen molar-refractivity contribution >= 4 is 17.5 Å². The van der Waals surface area contributed by atoms with E-state index in [2.05, 4.69) is 12.2 Å². The first-order valence-electron chi connectivity index (χ1n) is 6.59. The SMILES string of the molecule is CC[NH+]1CCC[C@@H]1CNC(=O)c1cccc(Cl)c1. The van der Waals surface area contributed by atoms with E-state index in [0.717, 1.165) is 13.1 Å². The summed E-state index contributed by atoms with van der Waals surface area (Å²) >= 11 is 5.88. The monoisotopic (exact) mass is 267 g/mol. The molecule has 0 bridgehead atoms. The molecular formula is C14H20ClN2O+. The van der Waals surface area contributed by atoms with Crippen LogP contribution in [0.2, 0.25) is 5.02 Å². The maximum Gasteiger partial charge on any atom is 0.251 e. The fraction of sp³-hybridized carbons (Fsp3) is 0.500. The molecule has 0 saturated carbocycles. The van der Waals surface area contributed by atoms with Gasteiger partial charge in [0.2, 0.25) is 0 Å². The van der Waals surface area contributed by atoms with Gasteiger partial charge in [0.25, 0.3) is 5.91 Å². The topological polar surface area (TPSA) is 33.5 Å². The molecule has 2 atom stereocenters. The van der Waals surface area contributed by atoms with Crippen molar-refractivity contribution in [2.45, 2.75) is 25.8 Å². The lowest BCUT2D eigenvalue weighted by Crippen LogP contribution is -3.14. The number of likely N-dealkylation sites (tertiary alicyclic amines) is 1. The van der Waals surface area contributed by atoms with Crippen molar-refractivity contribution in [1.82, 2.24) is 5.32 Å². The van der Waals surface area contributed by atoms with Crippen LogP contribution in [0.15, 0.2) is 24.3 Å². The second-order valence-electron chi connectivity index (χ2n) is 4.82. The molecule has 1 aliphatic heterocycles.